The Hall–Kier alpha value is -2.86. The van der Waals surface area contributed by atoms with Gasteiger partial charge in [-0.3, -0.25) is 0 Å². The Balaban J connectivity index is 2.55. The fourth-order valence-corrected chi connectivity index (χ4v) is 3.98. The Bertz CT molecular complexity index is 829. The van der Waals surface area contributed by atoms with Crippen LogP contribution < -0.4 is 0 Å². The van der Waals surface area contributed by atoms with Gasteiger partial charge in [0.2, 0.25) is 0 Å². The van der Waals surface area contributed by atoms with E-state index in [0.29, 0.717) is 0 Å². The van der Waals surface area contributed by atoms with E-state index < -0.39 is 0 Å². The molecule has 0 nitrogen and oxygen atoms in total. The third-order valence-electron chi connectivity index (χ3n) is 4.87. The van der Waals surface area contributed by atoms with E-state index in [0.717, 1.165) is 11.1 Å². The van der Waals surface area contributed by atoms with E-state index in [1.165, 1.54) is 22.3 Å². The summed E-state index contributed by atoms with van der Waals surface area (Å²) >= 11 is 0. The summed E-state index contributed by atoms with van der Waals surface area (Å²) in [6.07, 6.45) is 9.93. The zero-order chi connectivity index (χ0) is 17.2. The zero-order valence-electron chi connectivity index (χ0n) is 14.1. The molecule has 24 heavy (non-hydrogen) atoms. The molecule has 0 heteroatoms. The molecule has 2 aromatic carbocycles. The highest BCUT2D eigenvalue weighted by atomic mass is 14.5. The predicted molar refractivity (Wildman–Crippen MR) is 105 cm³/mol. The van der Waals surface area contributed by atoms with Crippen molar-refractivity contribution in [2.24, 2.45) is 0 Å². The lowest BCUT2D eigenvalue weighted by Crippen LogP contribution is -2.29. The molecular formula is C24H22. The molecule has 0 amide bonds. The molecule has 0 spiro atoms. The Morgan fingerprint density at radius 2 is 1.29 bits per heavy atom. The average Bonchev–Trinajstić information content (AvgIpc) is 2.93. The quantitative estimate of drug-likeness (QED) is 0.562. The van der Waals surface area contributed by atoms with Crippen molar-refractivity contribution < 1.29 is 0 Å². The molecule has 0 saturated carbocycles. The smallest absolute Gasteiger partial charge is 0.0709 e. The number of fused-ring (bicyclic) bond motifs is 3. The first-order valence-electron chi connectivity index (χ1n) is 8.19. The van der Waals surface area contributed by atoms with E-state index >= 15 is 0 Å². The molecule has 0 aliphatic heterocycles. The summed E-state index contributed by atoms with van der Waals surface area (Å²) in [5.41, 5.74) is 6.96. The average molecular weight is 310 g/mol. The Morgan fingerprint density at radius 1 is 0.792 bits per heavy atom. The first kappa shape index (κ1) is 16.0. The van der Waals surface area contributed by atoms with Gasteiger partial charge in [0.25, 0.3) is 0 Å². The molecule has 1 aliphatic rings. The number of hydrogen-bond donors (Lipinski definition) is 0. The van der Waals surface area contributed by atoms with Gasteiger partial charge in [-0.2, -0.15) is 0 Å². The van der Waals surface area contributed by atoms with Crippen molar-refractivity contribution in [3.63, 3.8) is 0 Å². The van der Waals surface area contributed by atoms with E-state index in [9.17, 15) is 0 Å². The maximum atomic E-state index is 4.09. The second-order valence-corrected chi connectivity index (χ2v) is 5.85. The van der Waals surface area contributed by atoms with Crippen LogP contribution in [0.2, 0.25) is 0 Å². The van der Waals surface area contributed by atoms with Crippen LogP contribution in [-0.4, -0.2) is 0 Å². The number of hydrogen-bond acceptors (Lipinski definition) is 0. The molecule has 0 heterocycles. The third kappa shape index (κ3) is 2.00. The molecule has 2 aromatic rings. The highest BCUT2D eigenvalue weighted by Crippen LogP contribution is 2.56. The molecule has 118 valence electrons. The van der Waals surface area contributed by atoms with Gasteiger partial charge in [-0.05, 0) is 40.3 Å². The van der Waals surface area contributed by atoms with Crippen LogP contribution in [0.1, 0.15) is 18.1 Å². The molecular weight excluding hydrogens is 288 g/mol. The Morgan fingerprint density at radius 3 is 1.71 bits per heavy atom. The largest absolute Gasteiger partial charge is 0.0991 e. The van der Waals surface area contributed by atoms with Crippen molar-refractivity contribution in [3.05, 3.63) is 121 Å². The fourth-order valence-electron chi connectivity index (χ4n) is 3.98. The van der Waals surface area contributed by atoms with Gasteiger partial charge in [0.05, 0.1) is 5.41 Å². The van der Waals surface area contributed by atoms with Gasteiger partial charge in [0, 0.05) is 0 Å². The SMILES string of the molecule is C=C/C=C(\C=C)C1(/C(C=C)=C/C)c2ccccc2-c2ccccc21. The van der Waals surface area contributed by atoms with Crippen LogP contribution in [0, 0.1) is 0 Å². The lowest BCUT2D eigenvalue weighted by Gasteiger charge is -2.35. The molecule has 0 fully saturated rings. The molecule has 0 aromatic heterocycles. The van der Waals surface area contributed by atoms with Crippen LogP contribution in [0.3, 0.4) is 0 Å². The second-order valence-electron chi connectivity index (χ2n) is 5.85. The number of rotatable bonds is 5. The number of benzene rings is 2. The maximum absolute atomic E-state index is 4.09. The lowest BCUT2D eigenvalue weighted by atomic mass is 9.66. The van der Waals surface area contributed by atoms with Gasteiger partial charge in [-0.1, -0.05) is 98.6 Å². The predicted octanol–water partition coefficient (Wildman–Crippen LogP) is 6.38. The molecule has 0 saturated heterocycles. The first-order chi connectivity index (χ1) is 11.7. The summed E-state index contributed by atoms with van der Waals surface area (Å²) in [6.45, 7) is 14.1. The van der Waals surface area contributed by atoms with Crippen LogP contribution in [0.25, 0.3) is 11.1 Å². The molecule has 0 unspecified atom stereocenters. The summed E-state index contributed by atoms with van der Waals surface area (Å²) in [7, 11) is 0. The minimum absolute atomic E-state index is 0.389. The topological polar surface area (TPSA) is 0 Å². The Kier molecular flexibility index (Phi) is 4.22. The highest BCUT2D eigenvalue weighted by molar-refractivity contribution is 5.87. The van der Waals surface area contributed by atoms with Gasteiger partial charge >= 0.3 is 0 Å². The first-order valence-corrected chi connectivity index (χ1v) is 8.19. The van der Waals surface area contributed by atoms with Crippen LogP contribution in [0.5, 0.6) is 0 Å². The zero-order valence-corrected chi connectivity index (χ0v) is 14.1. The third-order valence-corrected chi connectivity index (χ3v) is 4.87. The van der Waals surface area contributed by atoms with E-state index in [2.05, 4.69) is 87.3 Å². The molecule has 0 N–H and O–H groups in total. The van der Waals surface area contributed by atoms with Gasteiger partial charge in [-0.15, -0.1) is 0 Å². The van der Waals surface area contributed by atoms with Crippen molar-refractivity contribution in [2.75, 3.05) is 0 Å². The molecule has 1 aliphatic carbocycles. The maximum Gasteiger partial charge on any atom is 0.0709 e. The van der Waals surface area contributed by atoms with Crippen molar-refractivity contribution in [1.82, 2.24) is 0 Å². The Labute approximate surface area is 144 Å². The summed E-state index contributed by atoms with van der Waals surface area (Å²) in [4.78, 5) is 0. The van der Waals surface area contributed by atoms with E-state index in [1.807, 2.05) is 18.2 Å². The van der Waals surface area contributed by atoms with Crippen molar-refractivity contribution in [2.45, 2.75) is 12.3 Å². The summed E-state index contributed by atoms with van der Waals surface area (Å²) in [5, 5.41) is 0. The van der Waals surface area contributed by atoms with E-state index in [1.54, 1.807) is 0 Å². The molecule has 3 rings (SSSR count). The monoisotopic (exact) mass is 310 g/mol. The van der Waals surface area contributed by atoms with Crippen LogP contribution in [0.4, 0.5) is 0 Å². The minimum atomic E-state index is -0.389. The van der Waals surface area contributed by atoms with Crippen LogP contribution in [-0.2, 0) is 5.41 Å². The summed E-state index contributed by atoms with van der Waals surface area (Å²) in [6, 6.07) is 17.2. The van der Waals surface area contributed by atoms with Gasteiger partial charge in [-0.25, -0.2) is 0 Å². The second kappa shape index (κ2) is 6.33. The van der Waals surface area contributed by atoms with Gasteiger partial charge < -0.3 is 0 Å². The van der Waals surface area contributed by atoms with Gasteiger partial charge in [0.15, 0.2) is 0 Å². The summed E-state index contributed by atoms with van der Waals surface area (Å²) in [5.74, 6) is 0. The van der Waals surface area contributed by atoms with E-state index in [-0.39, 0.29) is 5.41 Å². The molecule has 0 radical (unpaired) electrons. The lowest BCUT2D eigenvalue weighted by molar-refractivity contribution is 0.765. The molecule has 0 atom stereocenters. The van der Waals surface area contributed by atoms with Crippen LogP contribution >= 0.6 is 0 Å². The van der Waals surface area contributed by atoms with Gasteiger partial charge in [0.1, 0.15) is 0 Å². The fraction of sp³-hybridized carbons (Fsp3) is 0.0833. The highest BCUT2D eigenvalue weighted by Gasteiger charge is 2.46. The standard InChI is InChI=1S/C24H22/c1-5-13-19(8-4)24(18(6-2)7-3)22-16-11-9-14-20(22)21-15-10-12-17-23(21)24/h5-17H,1-2,4H2,3H3/b18-7+,19-13+. The van der Waals surface area contributed by atoms with Crippen molar-refractivity contribution >= 4 is 0 Å². The number of allylic oxidation sites excluding steroid dienone is 7. The van der Waals surface area contributed by atoms with Crippen molar-refractivity contribution in [3.8, 4) is 11.1 Å². The van der Waals surface area contributed by atoms with E-state index in [4.69, 9.17) is 0 Å². The summed E-state index contributed by atoms with van der Waals surface area (Å²) < 4.78 is 0. The normalized spacial score (nSPS) is 15.4. The van der Waals surface area contributed by atoms with Crippen molar-refractivity contribution in [1.29, 1.82) is 0 Å². The molecule has 0 bridgehead atoms. The minimum Gasteiger partial charge on any atom is -0.0991 e. The van der Waals surface area contributed by atoms with Crippen LogP contribution in [0.15, 0.2) is 110 Å².